The van der Waals surface area contributed by atoms with Crippen LogP contribution in [-0.4, -0.2) is 17.1 Å². The van der Waals surface area contributed by atoms with Crippen LogP contribution in [0.4, 0.5) is 5.69 Å². The summed E-state index contributed by atoms with van der Waals surface area (Å²) in [5, 5.41) is 20.1. The largest absolute Gasteiger partial charge is 0.497 e. The van der Waals surface area contributed by atoms with Crippen LogP contribution in [0.1, 0.15) is 5.56 Å². The summed E-state index contributed by atoms with van der Waals surface area (Å²) in [7, 11) is 1.54. The van der Waals surface area contributed by atoms with Crippen molar-refractivity contribution < 1.29 is 19.5 Å². The Morgan fingerprint density at radius 1 is 1.24 bits per heavy atom. The average Bonchev–Trinajstić information content (AvgIpc) is 2.49. The molecule has 0 amide bonds. The number of rotatable bonds is 5. The monoisotopic (exact) mass is 353 g/mol. The number of nitro benzene ring substituents is 1. The zero-order valence-corrected chi connectivity index (χ0v) is 12.7. The van der Waals surface area contributed by atoms with E-state index in [0.29, 0.717) is 21.5 Å². The molecule has 0 spiro atoms. The second kappa shape index (κ2) is 6.55. The van der Waals surface area contributed by atoms with Crippen LogP contribution in [-0.2, 0) is 6.61 Å². The highest BCUT2D eigenvalue weighted by atomic mass is 79.9. The van der Waals surface area contributed by atoms with Gasteiger partial charge < -0.3 is 14.6 Å². The Kier molecular flexibility index (Phi) is 4.77. The number of aliphatic hydroxyl groups is 1. The van der Waals surface area contributed by atoms with E-state index in [1.165, 1.54) is 12.1 Å². The first-order valence-corrected chi connectivity index (χ1v) is 6.74. The third-order valence-corrected chi connectivity index (χ3v) is 3.38. The number of hydrogen-bond donors (Lipinski definition) is 1. The maximum Gasteiger partial charge on any atom is 0.311 e. The smallest absolute Gasteiger partial charge is 0.311 e. The van der Waals surface area contributed by atoms with Crippen molar-refractivity contribution in [3.8, 4) is 17.2 Å². The number of hydrogen-bond acceptors (Lipinski definition) is 5. The number of nitrogens with zero attached hydrogens (tertiary/aromatic N) is 1. The first-order valence-electron chi connectivity index (χ1n) is 5.94. The van der Waals surface area contributed by atoms with E-state index in [1.54, 1.807) is 31.4 Å². The second-order valence-electron chi connectivity index (χ2n) is 4.12. The molecule has 6 nitrogen and oxygen atoms in total. The van der Waals surface area contributed by atoms with Gasteiger partial charge in [0, 0.05) is 6.07 Å². The third kappa shape index (κ3) is 3.50. The van der Waals surface area contributed by atoms with Gasteiger partial charge in [0.1, 0.15) is 11.5 Å². The van der Waals surface area contributed by atoms with Gasteiger partial charge in [-0.1, -0.05) is 6.07 Å². The third-order valence-electron chi connectivity index (χ3n) is 2.76. The quantitative estimate of drug-likeness (QED) is 0.655. The van der Waals surface area contributed by atoms with Crippen LogP contribution in [0.25, 0.3) is 0 Å². The standard InChI is InChI=1S/C14H12BrNO5/c1-20-10-3-5-13(11(15)7-10)21-14-4-2-9(8-17)6-12(14)16(18)19/h2-7,17H,8H2,1H3. The lowest BCUT2D eigenvalue weighted by Crippen LogP contribution is -1.96. The molecule has 0 fully saturated rings. The maximum absolute atomic E-state index is 11.1. The highest BCUT2D eigenvalue weighted by molar-refractivity contribution is 9.10. The molecule has 0 atom stereocenters. The molecule has 7 heteroatoms. The number of benzene rings is 2. The maximum atomic E-state index is 11.1. The fourth-order valence-corrected chi connectivity index (χ4v) is 2.14. The van der Waals surface area contributed by atoms with Gasteiger partial charge in [-0.25, -0.2) is 0 Å². The summed E-state index contributed by atoms with van der Waals surface area (Å²) in [5.74, 6) is 1.16. The Balaban J connectivity index is 2.37. The van der Waals surface area contributed by atoms with Crippen LogP contribution < -0.4 is 9.47 Å². The van der Waals surface area contributed by atoms with Crippen LogP contribution >= 0.6 is 15.9 Å². The van der Waals surface area contributed by atoms with Crippen LogP contribution in [0.2, 0.25) is 0 Å². The molecule has 2 rings (SSSR count). The van der Waals surface area contributed by atoms with Gasteiger partial charge >= 0.3 is 5.69 Å². The summed E-state index contributed by atoms with van der Waals surface area (Å²) in [5.41, 5.74) is 0.243. The van der Waals surface area contributed by atoms with Crippen molar-refractivity contribution in [3.63, 3.8) is 0 Å². The molecule has 110 valence electrons. The summed E-state index contributed by atoms with van der Waals surface area (Å²) >= 11 is 3.32. The van der Waals surface area contributed by atoms with Crippen LogP contribution in [0.5, 0.6) is 17.2 Å². The van der Waals surface area contributed by atoms with Crippen molar-refractivity contribution in [1.29, 1.82) is 0 Å². The van der Waals surface area contributed by atoms with Crippen molar-refractivity contribution >= 4 is 21.6 Å². The first kappa shape index (κ1) is 15.3. The number of halogens is 1. The van der Waals surface area contributed by atoms with E-state index in [0.717, 1.165) is 0 Å². The van der Waals surface area contributed by atoms with Crippen molar-refractivity contribution in [3.05, 3.63) is 56.5 Å². The number of ether oxygens (including phenoxy) is 2. The van der Waals surface area contributed by atoms with Gasteiger partial charge in [-0.05, 0) is 45.8 Å². The molecule has 0 radical (unpaired) electrons. The summed E-state index contributed by atoms with van der Waals surface area (Å²) < 4.78 is 11.3. The van der Waals surface area contributed by atoms with Gasteiger partial charge in [0.15, 0.2) is 0 Å². The topological polar surface area (TPSA) is 81.8 Å². The van der Waals surface area contributed by atoms with Gasteiger partial charge in [0.2, 0.25) is 5.75 Å². The average molecular weight is 354 g/mol. The predicted octanol–water partition coefficient (Wildman–Crippen LogP) is 3.65. The van der Waals surface area contributed by atoms with Gasteiger partial charge in [-0.2, -0.15) is 0 Å². The minimum absolute atomic E-state index is 0.100. The molecule has 21 heavy (non-hydrogen) atoms. The lowest BCUT2D eigenvalue weighted by molar-refractivity contribution is -0.385. The Hall–Kier alpha value is -2.12. The molecule has 0 bridgehead atoms. The van der Waals surface area contributed by atoms with E-state index in [9.17, 15) is 10.1 Å². The molecule has 1 N–H and O–H groups in total. The molecule has 2 aromatic carbocycles. The molecular weight excluding hydrogens is 342 g/mol. The van der Waals surface area contributed by atoms with Crippen LogP contribution in [0.15, 0.2) is 40.9 Å². The van der Waals surface area contributed by atoms with E-state index >= 15 is 0 Å². The fourth-order valence-electron chi connectivity index (χ4n) is 1.70. The van der Waals surface area contributed by atoms with E-state index in [4.69, 9.17) is 14.6 Å². The van der Waals surface area contributed by atoms with E-state index in [1.807, 2.05) is 0 Å². The lowest BCUT2D eigenvalue weighted by Gasteiger charge is -2.10. The van der Waals surface area contributed by atoms with Gasteiger partial charge in [-0.3, -0.25) is 10.1 Å². The van der Waals surface area contributed by atoms with Crippen molar-refractivity contribution in [2.45, 2.75) is 6.61 Å². The molecule has 0 saturated carbocycles. The summed E-state index contributed by atoms with van der Waals surface area (Å²) in [6.45, 7) is -0.270. The second-order valence-corrected chi connectivity index (χ2v) is 4.97. The van der Waals surface area contributed by atoms with Crippen LogP contribution in [0, 0.1) is 10.1 Å². The van der Waals surface area contributed by atoms with E-state index in [-0.39, 0.29) is 18.0 Å². The Labute approximate surface area is 129 Å². The normalized spacial score (nSPS) is 10.2. The SMILES string of the molecule is COc1ccc(Oc2ccc(CO)cc2[N+](=O)[O-])c(Br)c1. The van der Waals surface area contributed by atoms with E-state index in [2.05, 4.69) is 15.9 Å². The molecular formula is C14H12BrNO5. The molecule has 0 unspecified atom stereocenters. The minimum atomic E-state index is -0.550. The summed E-state index contributed by atoms with van der Waals surface area (Å²) in [4.78, 5) is 10.5. The molecule has 2 aromatic rings. The molecule has 0 aliphatic rings. The van der Waals surface area contributed by atoms with Crippen LogP contribution in [0.3, 0.4) is 0 Å². The van der Waals surface area contributed by atoms with Crippen molar-refractivity contribution in [2.75, 3.05) is 7.11 Å². The highest BCUT2D eigenvalue weighted by Crippen LogP contribution is 2.37. The molecule has 0 heterocycles. The molecule has 0 aliphatic heterocycles. The highest BCUT2D eigenvalue weighted by Gasteiger charge is 2.17. The van der Waals surface area contributed by atoms with Crippen molar-refractivity contribution in [2.24, 2.45) is 0 Å². The lowest BCUT2D eigenvalue weighted by atomic mass is 10.2. The number of nitro groups is 1. The first-order chi connectivity index (χ1) is 10.0. The Morgan fingerprint density at radius 2 is 1.95 bits per heavy atom. The van der Waals surface area contributed by atoms with Crippen molar-refractivity contribution in [1.82, 2.24) is 0 Å². The van der Waals surface area contributed by atoms with Gasteiger partial charge in [0.25, 0.3) is 0 Å². The zero-order valence-electron chi connectivity index (χ0n) is 11.1. The molecule has 0 aromatic heterocycles. The number of aliphatic hydroxyl groups excluding tert-OH is 1. The Morgan fingerprint density at radius 3 is 2.52 bits per heavy atom. The summed E-state index contributed by atoms with van der Waals surface area (Å²) in [6.07, 6.45) is 0. The number of methoxy groups -OCH3 is 1. The van der Waals surface area contributed by atoms with Gasteiger partial charge in [0.05, 0.1) is 23.1 Å². The molecule has 0 saturated heterocycles. The van der Waals surface area contributed by atoms with E-state index < -0.39 is 4.92 Å². The predicted molar refractivity (Wildman–Crippen MR) is 79.8 cm³/mol. The Bertz CT molecular complexity index is 674. The molecule has 0 aliphatic carbocycles. The fraction of sp³-hybridized carbons (Fsp3) is 0.143. The van der Waals surface area contributed by atoms with Gasteiger partial charge in [-0.15, -0.1) is 0 Å². The zero-order chi connectivity index (χ0) is 15.4. The minimum Gasteiger partial charge on any atom is -0.497 e. The summed E-state index contributed by atoms with van der Waals surface area (Å²) in [6, 6.07) is 9.34.